The Morgan fingerprint density at radius 3 is 2.45 bits per heavy atom. The molecule has 4 aromatic rings. The lowest BCUT2D eigenvalue weighted by molar-refractivity contribution is -0.142. The van der Waals surface area contributed by atoms with Crippen LogP contribution < -0.4 is 10.9 Å². The second-order valence-electron chi connectivity index (χ2n) is 7.36. The number of aromatic hydroxyl groups is 1. The fraction of sp³-hybridized carbons (Fsp3) is 0.174. The van der Waals surface area contributed by atoms with Gasteiger partial charge in [0, 0.05) is 16.8 Å². The number of rotatable bonds is 5. The van der Waals surface area contributed by atoms with Crippen molar-refractivity contribution < 1.29 is 28.6 Å². The van der Waals surface area contributed by atoms with Crippen molar-refractivity contribution in [3.8, 4) is 5.75 Å². The van der Waals surface area contributed by atoms with Crippen LogP contribution in [0.1, 0.15) is 28.3 Å². The highest BCUT2D eigenvalue weighted by molar-refractivity contribution is 5.97. The molecule has 8 nitrogen and oxygen atoms in total. The van der Waals surface area contributed by atoms with Crippen LogP contribution in [0.15, 0.2) is 56.3 Å². The average molecular weight is 421 g/mol. The van der Waals surface area contributed by atoms with Gasteiger partial charge in [0.2, 0.25) is 5.91 Å². The molecule has 8 heteroatoms. The molecule has 1 amide bonds. The summed E-state index contributed by atoms with van der Waals surface area (Å²) in [5.74, 6) is -1.93. The number of hydrogen-bond donors (Lipinski definition) is 3. The van der Waals surface area contributed by atoms with Gasteiger partial charge in [0.1, 0.15) is 16.9 Å². The topological polar surface area (TPSA) is 130 Å². The number of carboxylic acid groups (broad SMARTS) is 1. The minimum Gasteiger partial charge on any atom is -0.508 e. The molecule has 0 saturated carbocycles. The SMILES string of the molecule is Cc1coc2cc3oc(=O)c(CC(=O)NC(C(=O)O)c4ccc(O)cc4)c(C)c3cc12. The van der Waals surface area contributed by atoms with E-state index in [2.05, 4.69) is 5.32 Å². The molecule has 1 unspecified atom stereocenters. The van der Waals surface area contributed by atoms with Crippen molar-refractivity contribution in [3.63, 3.8) is 0 Å². The highest BCUT2D eigenvalue weighted by Crippen LogP contribution is 2.29. The number of aliphatic carboxylic acids is 1. The van der Waals surface area contributed by atoms with Gasteiger partial charge in [-0.2, -0.15) is 0 Å². The van der Waals surface area contributed by atoms with E-state index in [1.165, 1.54) is 24.3 Å². The molecule has 0 radical (unpaired) electrons. The molecule has 2 aromatic heterocycles. The molecule has 31 heavy (non-hydrogen) atoms. The van der Waals surface area contributed by atoms with E-state index in [0.29, 0.717) is 27.7 Å². The summed E-state index contributed by atoms with van der Waals surface area (Å²) in [5.41, 5.74) is 2.23. The number of hydrogen-bond acceptors (Lipinski definition) is 6. The Bertz CT molecular complexity index is 1380. The van der Waals surface area contributed by atoms with Gasteiger partial charge in [0.25, 0.3) is 0 Å². The Morgan fingerprint density at radius 2 is 1.77 bits per heavy atom. The maximum Gasteiger partial charge on any atom is 0.340 e. The van der Waals surface area contributed by atoms with Crippen molar-refractivity contribution in [2.24, 2.45) is 0 Å². The summed E-state index contributed by atoms with van der Waals surface area (Å²) in [6.07, 6.45) is 1.27. The molecule has 0 saturated heterocycles. The number of aryl methyl sites for hydroxylation is 2. The molecule has 0 aliphatic heterocycles. The van der Waals surface area contributed by atoms with Crippen molar-refractivity contribution in [1.29, 1.82) is 0 Å². The predicted molar refractivity (Wildman–Crippen MR) is 112 cm³/mol. The monoisotopic (exact) mass is 421 g/mol. The van der Waals surface area contributed by atoms with Gasteiger partial charge < -0.3 is 24.4 Å². The number of fused-ring (bicyclic) bond motifs is 2. The third-order valence-corrected chi connectivity index (χ3v) is 5.29. The Balaban J connectivity index is 1.66. The lowest BCUT2D eigenvalue weighted by atomic mass is 10.0. The van der Waals surface area contributed by atoms with E-state index in [4.69, 9.17) is 8.83 Å². The minimum absolute atomic E-state index is 0.0226. The number of carboxylic acids is 1. The standard InChI is InChI=1S/C23H19NO7/c1-11-10-30-18-9-19-16(7-15(11)18)12(2)17(23(29)31-19)8-20(26)24-21(22(27)28)13-3-5-14(25)6-4-13/h3-7,9-10,21,25H,8H2,1-2H3,(H,24,26)(H,27,28). The molecule has 3 N–H and O–H groups in total. The number of benzene rings is 2. The Hall–Kier alpha value is -4.07. The first kappa shape index (κ1) is 20.2. The van der Waals surface area contributed by atoms with E-state index in [1.54, 1.807) is 19.3 Å². The summed E-state index contributed by atoms with van der Waals surface area (Å²) in [5, 5.41) is 22.9. The van der Waals surface area contributed by atoms with Crippen molar-refractivity contribution in [2.45, 2.75) is 26.3 Å². The van der Waals surface area contributed by atoms with E-state index in [1.807, 2.05) is 13.0 Å². The van der Waals surface area contributed by atoms with Crippen molar-refractivity contribution in [1.82, 2.24) is 5.32 Å². The minimum atomic E-state index is -1.32. The van der Waals surface area contributed by atoms with Crippen LogP contribution >= 0.6 is 0 Å². The summed E-state index contributed by atoms with van der Waals surface area (Å²) in [4.78, 5) is 36.8. The molecule has 0 aliphatic rings. The molecule has 158 valence electrons. The zero-order valence-electron chi connectivity index (χ0n) is 16.8. The molecule has 0 aliphatic carbocycles. The fourth-order valence-electron chi connectivity index (χ4n) is 3.57. The molecule has 0 bridgehead atoms. The normalized spacial score (nSPS) is 12.2. The van der Waals surface area contributed by atoms with E-state index >= 15 is 0 Å². The Labute approximate surface area is 175 Å². The quantitative estimate of drug-likeness (QED) is 0.421. The lowest BCUT2D eigenvalue weighted by Crippen LogP contribution is -2.35. The van der Waals surface area contributed by atoms with Gasteiger partial charge in [0.05, 0.1) is 18.2 Å². The zero-order chi connectivity index (χ0) is 22.3. The van der Waals surface area contributed by atoms with Crippen LogP contribution in [-0.4, -0.2) is 22.1 Å². The molecule has 1 atom stereocenters. The van der Waals surface area contributed by atoms with E-state index in [9.17, 15) is 24.6 Å². The van der Waals surface area contributed by atoms with Crippen LogP contribution in [0.2, 0.25) is 0 Å². The summed E-state index contributed by atoms with van der Waals surface area (Å²) in [6, 6.07) is 7.64. The smallest absolute Gasteiger partial charge is 0.340 e. The van der Waals surface area contributed by atoms with Crippen LogP contribution in [0.25, 0.3) is 21.9 Å². The van der Waals surface area contributed by atoms with Gasteiger partial charge >= 0.3 is 11.6 Å². The molecule has 4 rings (SSSR count). The second-order valence-corrected chi connectivity index (χ2v) is 7.36. The van der Waals surface area contributed by atoms with Crippen molar-refractivity contribution >= 4 is 33.8 Å². The molecular weight excluding hydrogens is 402 g/mol. The van der Waals surface area contributed by atoms with Gasteiger partial charge in [0.15, 0.2) is 6.04 Å². The Kier molecular flexibility index (Phi) is 4.98. The van der Waals surface area contributed by atoms with E-state index in [0.717, 1.165) is 10.9 Å². The first-order chi connectivity index (χ1) is 14.7. The summed E-state index contributed by atoms with van der Waals surface area (Å²) < 4.78 is 10.9. The summed E-state index contributed by atoms with van der Waals surface area (Å²) in [6.45, 7) is 3.62. The zero-order valence-corrected chi connectivity index (χ0v) is 16.8. The highest BCUT2D eigenvalue weighted by atomic mass is 16.4. The number of phenolic OH excluding ortho intramolecular Hbond substituents is 1. The molecule has 2 heterocycles. The average Bonchev–Trinajstić information content (AvgIpc) is 3.08. The van der Waals surface area contributed by atoms with Crippen LogP contribution in [-0.2, 0) is 16.0 Å². The number of amides is 1. The van der Waals surface area contributed by atoms with Gasteiger partial charge in [-0.05, 0) is 48.7 Å². The first-order valence-electron chi connectivity index (χ1n) is 9.50. The molecule has 0 fully saturated rings. The third-order valence-electron chi connectivity index (χ3n) is 5.29. The van der Waals surface area contributed by atoms with Gasteiger partial charge in [-0.3, -0.25) is 4.79 Å². The summed E-state index contributed by atoms with van der Waals surface area (Å²) in [7, 11) is 0. The van der Waals surface area contributed by atoms with Crippen molar-refractivity contribution in [2.75, 3.05) is 0 Å². The lowest BCUT2D eigenvalue weighted by Gasteiger charge is -2.15. The van der Waals surface area contributed by atoms with Gasteiger partial charge in [-0.1, -0.05) is 12.1 Å². The van der Waals surface area contributed by atoms with Crippen molar-refractivity contribution in [3.05, 3.63) is 75.3 Å². The molecule has 2 aromatic carbocycles. The molecule has 0 spiro atoms. The maximum absolute atomic E-state index is 12.6. The van der Waals surface area contributed by atoms with Crippen LogP contribution in [0.5, 0.6) is 5.75 Å². The number of carbonyl (C=O) groups excluding carboxylic acids is 1. The van der Waals surface area contributed by atoms with E-state index < -0.39 is 23.5 Å². The fourth-order valence-corrected chi connectivity index (χ4v) is 3.57. The maximum atomic E-state index is 12.6. The largest absolute Gasteiger partial charge is 0.508 e. The van der Waals surface area contributed by atoms with Crippen LogP contribution in [0.3, 0.4) is 0 Å². The highest BCUT2D eigenvalue weighted by Gasteiger charge is 2.24. The first-order valence-corrected chi connectivity index (χ1v) is 9.50. The number of nitrogens with one attached hydrogen (secondary N) is 1. The number of phenols is 1. The summed E-state index contributed by atoms with van der Waals surface area (Å²) >= 11 is 0. The Morgan fingerprint density at radius 1 is 1.06 bits per heavy atom. The van der Waals surface area contributed by atoms with Crippen LogP contribution in [0, 0.1) is 13.8 Å². The number of carbonyl (C=O) groups is 2. The van der Waals surface area contributed by atoms with Gasteiger partial charge in [-0.15, -0.1) is 0 Å². The van der Waals surface area contributed by atoms with Crippen LogP contribution in [0.4, 0.5) is 0 Å². The van der Waals surface area contributed by atoms with E-state index in [-0.39, 0.29) is 17.7 Å². The van der Waals surface area contributed by atoms with Gasteiger partial charge in [-0.25, -0.2) is 9.59 Å². The predicted octanol–water partition coefficient (Wildman–Crippen LogP) is 3.35. The molecular formula is C23H19NO7. The third kappa shape index (κ3) is 3.75. The number of furan rings is 1. The second kappa shape index (κ2) is 7.64.